The summed E-state index contributed by atoms with van der Waals surface area (Å²) in [6.07, 6.45) is 6.33. The SMILES string of the molecule is OCCCC12CCC(c3cccc(Oc4ccccc4)c3)(CC1)CO2. The number of para-hydroxylation sites is 1. The van der Waals surface area contributed by atoms with Crippen LogP contribution in [0.1, 0.15) is 44.1 Å². The highest BCUT2D eigenvalue weighted by Crippen LogP contribution is 2.52. The zero-order chi connectivity index (χ0) is 17.2. The molecule has 2 bridgehead atoms. The summed E-state index contributed by atoms with van der Waals surface area (Å²) in [4.78, 5) is 0. The van der Waals surface area contributed by atoms with Crippen molar-refractivity contribution < 1.29 is 14.6 Å². The Morgan fingerprint density at radius 2 is 1.68 bits per heavy atom. The first kappa shape index (κ1) is 16.6. The Kier molecular flexibility index (Phi) is 4.53. The number of fused-ring (bicyclic) bond motifs is 3. The zero-order valence-corrected chi connectivity index (χ0v) is 14.6. The average molecular weight is 338 g/mol. The number of hydrogen-bond donors (Lipinski definition) is 1. The molecule has 2 aliphatic heterocycles. The molecule has 0 atom stereocenters. The van der Waals surface area contributed by atoms with E-state index in [1.807, 2.05) is 36.4 Å². The van der Waals surface area contributed by atoms with E-state index in [-0.39, 0.29) is 17.6 Å². The molecule has 5 rings (SSSR count). The first-order chi connectivity index (χ1) is 12.2. The second-order valence-corrected chi connectivity index (χ2v) is 7.52. The van der Waals surface area contributed by atoms with Gasteiger partial charge >= 0.3 is 0 Å². The maximum Gasteiger partial charge on any atom is 0.127 e. The van der Waals surface area contributed by atoms with Gasteiger partial charge in [0, 0.05) is 12.0 Å². The van der Waals surface area contributed by atoms with Gasteiger partial charge in [0.1, 0.15) is 11.5 Å². The monoisotopic (exact) mass is 338 g/mol. The number of ether oxygens (including phenoxy) is 2. The molecule has 3 aliphatic rings. The van der Waals surface area contributed by atoms with Crippen LogP contribution in [0.15, 0.2) is 54.6 Å². The number of hydrogen-bond acceptors (Lipinski definition) is 3. The molecule has 2 heterocycles. The molecular formula is C22H26O3. The smallest absolute Gasteiger partial charge is 0.127 e. The molecule has 2 aromatic carbocycles. The summed E-state index contributed by atoms with van der Waals surface area (Å²) in [6, 6.07) is 18.4. The summed E-state index contributed by atoms with van der Waals surface area (Å²) in [5, 5.41) is 9.13. The van der Waals surface area contributed by atoms with Crippen LogP contribution in [0.25, 0.3) is 0 Å². The van der Waals surface area contributed by atoms with Crippen molar-refractivity contribution in [1.82, 2.24) is 0 Å². The van der Waals surface area contributed by atoms with Gasteiger partial charge in [-0.15, -0.1) is 0 Å². The van der Waals surface area contributed by atoms with Crippen LogP contribution >= 0.6 is 0 Å². The molecular weight excluding hydrogens is 312 g/mol. The van der Waals surface area contributed by atoms with Crippen molar-refractivity contribution in [3.05, 3.63) is 60.2 Å². The van der Waals surface area contributed by atoms with E-state index in [2.05, 4.69) is 18.2 Å². The van der Waals surface area contributed by atoms with Crippen LogP contribution in [0.4, 0.5) is 0 Å². The first-order valence-corrected chi connectivity index (χ1v) is 9.32. The van der Waals surface area contributed by atoms with E-state index in [4.69, 9.17) is 14.6 Å². The van der Waals surface area contributed by atoms with E-state index in [1.54, 1.807) is 0 Å². The fourth-order valence-electron chi connectivity index (χ4n) is 4.37. The van der Waals surface area contributed by atoms with Gasteiger partial charge in [-0.05, 0) is 68.4 Å². The molecule has 0 aromatic heterocycles. The highest BCUT2D eigenvalue weighted by Gasteiger charge is 2.50. The minimum absolute atomic E-state index is 0.0165. The number of rotatable bonds is 6. The number of benzene rings is 2. The highest BCUT2D eigenvalue weighted by atomic mass is 16.5. The van der Waals surface area contributed by atoms with E-state index < -0.39 is 0 Å². The van der Waals surface area contributed by atoms with Crippen molar-refractivity contribution in [1.29, 1.82) is 0 Å². The molecule has 3 heteroatoms. The maximum absolute atomic E-state index is 9.13. The third-order valence-electron chi connectivity index (χ3n) is 5.99. The summed E-state index contributed by atoms with van der Waals surface area (Å²) >= 11 is 0. The molecule has 2 aromatic rings. The van der Waals surface area contributed by atoms with Gasteiger partial charge in [-0.1, -0.05) is 30.3 Å². The third kappa shape index (κ3) is 3.31. The molecule has 132 valence electrons. The highest BCUT2D eigenvalue weighted by molar-refractivity contribution is 5.38. The third-order valence-corrected chi connectivity index (χ3v) is 5.99. The molecule has 3 fully saturated rings. The lowest BCUT2D eigenvalue weighted by Crippen LogP contribution is -2.53. The van der Waals surface area contributed by atoms with Gasteiger partial charge in [-0.2, -0.15) is 0 Å². The van der Waals surface area contributed by atoms with Crippen LogP contribution in [0.3, 0.4) is 0 Å². The Hall–Kier alpha value is -1.84. The quantitative estimate of drug-likeness (QED) is 0.820. The van der Waals surface area contributed by atoms with E-state index in [9.17, 15) is 0 Å². The summed E-state index contributed by atoms with van der Waals surface area (Å²) in [5.41, 5.74) is 1.47. The Balaban J connectivity index is 1.50. The van der Waals surface area contributed by atoms with Crippen LogP contribution in [0.5, 0.6) is 11.5 Å². The van der Waals surface area contributed by atoms with Crippen LogP contribution in [-0.2, 0) is 10.2 Å². The fourth-order valence-corrected chi connectivity index (χ4v) is 4.37. The molecule has 1 saturated carbocycles. The van der Waals surface area contributed by atoms with Crippen molar-refractivity contribution in [2.75, 3.05) is 13.2 Å². The van der Waals surface area contributed by atoms with E-state index >= 15 is 0 Å². The largest absolute Gasteiger partial charge is 0.457 e. The summed E-state index contributed by atoms with van der Waals surface area (Å²) in [5.74, 6) is 1.75. The van der Waals surface area contributed by atoms with Gasteiger partial charge in [-0.25, -0.2) is 0 Å². The average Bonchev–Trinajstić information content (AvgIpc) is 2.69. The second kappa shape index (κ2) is 6.81. The molecule has 3 nitrogen and oxygen atoms in total. The Bertz CT molecular complexity index is 686. The second-order valence-electron chi connectivity index (χ2n) is 7.52. The maximum atomic E-state index is 9.13. The molecule has 0 spiro atoms. The lowest BCUT2D eigenvalue weighted by molar-refractivity contribution is -0.161. The molecule has 0 amide bonds. The van der Waals surface area contributed by atoms with Gasteiger partial charge in [0.15, 0.2) is 0 Å². The zero-order valence-electron chi connectivity index (χ0n) is 14.6. The van der Waals surface area contributed by atoms with Crippen LogP contribution in [-0.4, -0.2) is 23.9 Å². The van der Waals surface area contributed by atoms with Crippen LogP contribution in [0.2, 0.25) is 0 Å². The van der Waals surface area contributed by atoms with Gasteiger partial charge in [0.2, 0.25) is 0 Å². The van der Waals surface area contributed by atoms with Crippen molar-refractivity contribution in [2.45, 2.75) is 49.5 Å². The molecule has 1 aliphatic carbocycles. The van der Waals surface area contributed by atoms with Crippen LogP contribution in [0, 0.1) is 0 Å². The Labute approximate surface area is 149 Å². The van der Waals surface area contributed by atoms with Gasteiger partial charge in [0.25, 0.3) is 0 Å². The lowest BCUT2D eigenvalue weighted by atomic mass is 9.62. The van der Waals surface area contributed by atoms with Crippen molar-refractivity contribution in [3.8, 4) is 11.5 Å². The summed E-state index contributed by atoms with van der Waals surface area (Å²) in [7, 11) is 0. The topological polar surface area (TPSA) is 38.7 Å². The van der Waals surface area contributed by atoms with Crippen LogP contribution < -0.4 is 4.74 Å². The lowest BCUT2D eigenvalue weighted by Gasteiger charge is -2.53. The van der Waals surface area contributed by atoms with Gasteiger partial charge < -0.3 is 14.6 Å². The normalized spacial score (nSPS) is 28.0. The first-order valence-electron chi connectivity index (χ1n) is 9.32. The van der Waals surface area contributed by atoms with E-state index in [1.165, 1.54) is 5.56 Å². The Morgan fingerprint density at radius 3 is 2.36 bits per heavy atom. The van der Waals surface area contributed by atoms with Crippen molar-refractivity contribution >= 4 is 0 Å². The van der Waals surface area contributed by atoms with E-state index in [0.717, 1.165) is 56.6 Å². The fraction of sp³-hybridized carbons (Fsp3) is 0.455. The predicted octanol–water partition coefficient (Wildman–Crippen LogP) is 4.83. The molecule has 25 heavy (non-hydrogen) atoms. The molecule has 1 N–H and O–H groups in total. The van der Waals surface area contributed by atoms with Gasteiger partial charge in [0.05, 0.1) is 12.2 Å². The standard InChI is InChI=1S/C22H26O3/c23-15-5-10-22-13-11-21(12-14-22,17-24-22)18-6-4-9-20(16-18)25-19-7-2-1-3-8-19/h1-4,6-9,16,23H,5,10-15,17H2. The minimum Gasteiger partial charge on any atom is -0.457 e. The Morgan fingerprint density at radius 1 is 0.920 bits per heavy atom. The van der Waals surface area contributed by atoms with Crippen molar-refractivity contribution in [2.24, 2.45) is 0 Å². The predicted molar refractivity (Wildman–Crippen MR) is 98.1 cm³/mol. The molecule has 2 saturated heterocycles. The molecule has 0 unspecified atom stereocenters. The minimum atomic E-state index is 0.0165. The molecule has 0 radical (unpaired) electrons. The van der Waals surface area contributed by atoms with Gasteiger partial charge in [-0.3, -0.25) is 0 Å². The number of aliphatic hydroxyl groups excluding tert-OH is 1. The van der Waals surface area contributed by atoms with Crippen molar-refractivity contribution in [3.63, 3.8) is 0 Å². The summed E-state index contributed by atoms with van der Waals surface area (Å²) in [6.45, 7) is 1.04. The summed E-state index contributed by atoms with van der Waals surface area (Å²) < 4.78 is 12.3. The van der Waals surface area contributed by atoms with E-state index in [0.29, 0.717) is 0 Å². The number of aliphatic hydroxyl groups is 1.